The number of carbonyl (C=O) groups excluding carboxylic acids is 3. The Balaban J connectivity index is 2.80. The van der Waals surface area contributed by atoms with Gasteiger partial charge in [0.25, 0.3) is 5.09 Å². The second-order valence-corrected chi connectivity index (χ2v) is 9.87. The fourth-order valence-corrected chi connectivity index (χ4v) is 3.82. The largest absolute Gasteiger partial charge is 0.464 e. The van der Waals surface area contributed by atoms with Crippen LogP contribution >= 0.6 is 11.8 Å². The van der Waals surface area contributed by atoms with Crippen molar-refractivity contribution in [2.75, 3.05) is 19.0 Å². The summed E-state index contributed by atoms with van der Waals surface area (Å²) in [5, 5.41) is 11.9. The molecule has 0 spiro atoms. The van der Waals surface area contributed by atoms with Crippen LogP contribution in [0.2, 0.25) is 0 Å². The first-order valence-electron chi connectivity index (χ1n) is 10.9. The Morgan fingerprint density at radius 2 is 1.76 bits per heavy atom. The van der Waals surface area contributed by atoms with Gasteiger partial charge in [-0.25, -0.2) is 4.79 Å². The minimum atomic E-state index is -1.27. The molecular formula is C23H34N2O7S. The molecular weight excluding hydrogens is 448 g/mol. The molecule has 1 rings (SSSR count). The van der Waals surface area contributed by atoms with Crippen LogP contribution in [0.4, 0.5) is 0 Å². The van der Waals surface area contributed by atoms with Gasteiger partial charge in [0.15, 0.2) is 5.12 Å². The topological polar surface area (TPSA) is 125 Å². The number of hydrogen-bond acceptors (Lipinski definition) is 8. The fraction of sp³-hybridized carbons (Fsp3) is 0.609. The van der Waals surface area contributed by atoms with Crippen molar-refractivity contribution in [3.63, 3.8) is 0 Å². The smallest absolute Gasteiger partial charge is 0.329 e. The average Bonchev–Trinajstić information content (AvgIpc) is 2.74. The van der Waals surface area contributed by atoms with Gasteiger partial charge < -0.3 is 14.9 Å². The van der Waals surface area contributed by atoms with Crippen LogP contribution in [0.25, 0.3) is 0 Å². The van der Waals surface area contributed by atoms with Crippen LogP contribution < -0.4 is 5.32 Å². The number of benzene rings is 1. The van der Waals surface area contributed by atoms with Gasteiger partial charge in [-0.3, -0.25) is 9.59 Å². The molecule has 0 saturated heterocycles. The molecule has 0 radical (unpaired) electrons. The first-order valence-corrected chi connectivity index (χ1v) is 11.9. The highest BCUT2D eigenvalue weighted by molar-refractivity contribution is 8.13. The van der Waals surface area contributed by atoms with E-state index in [9.17, 15) is 24.5 Å². The third-order valence-electron chi connectivity index (χ3n) is 4.89. The third-order valence-corrected chi connectivity index (χ3v) is 6.03. The molecule has 0 unspecified atom stereocenters. The van der Waals surface area contributed by atoms with Crippen LogP contribution in [0.1, 0.15) is 58.6 Å². The quantitative estimate of drug-likeness (QED) is 0.257. The van der Waals surface area contributed by atoms with Crippen LogP contribution in [0.3, 0.4) is 0 Å². The zero-order chi connectivity index (χ0) is 25.2. The summed E-state index contributed by atoms with van der Waals surface area (Å²) in [6.45, 7) is 10.3. The Hall–Kier alpha value is -2.62. The van der Waals surface area contributed by atoms with Crippen molar-refractivity contribution >= 4 is 28.8 Å². The van der Waals surface area contributed by atoms with Gasteiger partial charge in [0.05, 0.1) is 17.9 Å². The number of amides is 1. The summed E-state index contributed by atoms with van der Waals surface area (Å²) >= 11 is 0.933. The first-order chi connectivity index (χ1) is 15.4. The number of hydrogen-bond donors (Lipinski definition) is 1. The lowest BCUT2D eigenvalue weighted by Crippen LogP contribution is -2.50. The van der Waals surface area contributed by atoms with Crippen molar-refractivity contribution in [3.05, 3.63) is 45.5 Å². The van der Waals surface area contributed by atoms with Crippen molar-refractivity contribution in [2.24, 2.45) is 11.3 Å². The number of nitrogens with one attached hydrogen (secondary N) is 1. The van der Waals surface area contributed by atoms with Gasteiger partial charge in [0.2, 0.25) is 5.91 Å². The van der Waals surface area contributed by atoms with E-state index in [1.807, 2.05) is 24.3 Å². The summed E-state index contributed by atoms with van der Waals surface area (Å²) < 4.78 is 5.02. The van der Waals surface area contributed by atoms with E-state index < -0.39 is 40.9 Å². The zero-order valence-electron chi connectivity index (χ0n) is 20.1. The SMILES string of the molecule is CCOC(=O)[C@H](CSC(=O)[C@H](C)c1ccc(CC(C)C)cc1)NC(=O)C(C)(C)CO[N+](=O)[O-]. The molecule has 1 aromatic carbocycles. The predicted molar refractivity (Wildman–Crippen MR) is 126 cm³/mol. The summed E-state index contributed by atoms with van der Waals surface area (Å²) in [6.07, 6.45) is 0.960. The summed E-state index contributed by atoms with van der Waals surface area (Å²) in [5.74, 6) is -1.18. The van der Waals surface area contributed by atoms with Crippen LogP contribution in [0.5, 0.6) is 0 Å². The number of esters is 1. The molecule has 0 fully saturated rings. The number of thioether (sulfide) groups is 1. The molecule has 184 valence electrons. The lowest BCUT2D eigenvalue weighted by Gasteiger charge is -2.25. The minimum Gasteiger partial charge on any atom is -0.464 e. The summed E-state index contributed by atoms with van der Waals surface area (Å²) in [7, 11) is 0. The molecule has 0 aromatic heterocycles. The highest BCUT2D eigenvalue weighted by Gasteiger charge is 2.34. The number of nitrogens with zero attached hydrogens (tertiary/aromatic N) is 1. The van der Waals surface area contributed by atoms with Crippen LogP contribution in [-0.4, -0.2) is 47.1 Å². The van der Waals surface area contributed by atoms with E-state index in [0.717, 1.165) is 23.7 Å². The predicted octanol–water partition coefficient (Wildman–Crippen LogP) is 3.53. The Labute approximate surface area is 199 Å². The van der Waals surface area contributed by atoms with Crippen molar-refractivity contribution in [1.82, 2.24) is 5.32 Å². The molecule has 1 N–H and O–H groups in total. The van der Waals surface area contributed by atoms with Crippen LogP contribution in [0.15, 0.2) is 24.3 Å². The number of carbonyl (C=O) groups is 3. The van der Waals surface area contributed by atoms with Gasteiger partial charge in [-0.15, -0.1) is 10.1 Å². The molecule has 0 saturated carbocycles. The number of ether oxygens (including phenoxy) is 1. The lowest BCUT2D eigenvalue weighted by molar-refractivity contribution is -0.760. The maximum Gasteiger partial charge on any atom is 0.329 e. The van der Waals surface area contributed by atoms with E-state index in [1.54, 1.807) is 13.8 Å². The second-order valence-electron chi connectivity index (χ2n) is 8.85. The molecule has 1 amide bonds. The minimum absolute atomic E-state index is 0.0225. The van der Waals surface area contributed by atoms with Crippen molar-refractivity contribution in [3.8, 4) is 0 Å². The van der Waals surface area contributed by atoms with E-state index in [2.05, 4.69) is 24.0 Å². The molecule has 0 aliphatic heterocycles. The molecule has 10 heteroatoms. The van der Waals surface area contributed by atoms with Gasteiger partial charge >= 0.3 is 5.97 Å². The van der Waals surface area contributed by atoms with Crippen LogP contribution in [0, 0.1) is 21.4 Å². The van der Waals surface area contributed by atoms with Crippen molar-refractivity contribution < 1.29 is 29.0 Å². The highest BCUT2D eigenvalue weighted by atomic mass is 32.2. The standard InChI is InChI=1S/C23H34N2O7S/c1-7-31-20(26)19(24-22(28)23(5,6)14-32-25(29)30)13-33-21(27)16(4)18-10-8-17(9-11-18)12-15(2)3/h8-11,15-16,19H,7,12-14H2,1-6H3,(H,24,28)/t16-,19+/m1/s1. The summed E-state index contributed by atoms with van der Waals surface area (Å²) in [5.41, 5.74) is 0.807. The Morgan fingerprint density at radius 3 is 2.27 bits per heavy atom. The maximum atomic E-state index is 12.8. The molecule has 0 aliphatic carbocycles. The number of rotatable bonds is 13. The van der Waals surface area contributed by atoms with E-state index in [-0.39, 0.29) is 17.5 Å². The van der Waals surface area contributed by atoms with Gasteiger partial charge in [0.1, 0.15) is 12.6 Å². The third kappa shape index (κ3) is 9.81. The zero-order valence-corrected chi connectivity index (χ0v) is 20.9. The van der Waals surface area contributed by atoms with E-state index in [0.29, 0.717) is 5.92 Å². The molecule has 33 heavy (non-hydrogen) atoms. The molecule has 1 aromatic rings. The Bertz CT molecular complexity index is 825. The van der Waals surface area contributed by atoms with Gasteiger partial charge in [-0.05, 0) is 44.2 Å². The first kappa shape index (κ1) is 28.4. The van der Waals surface area contributed by atoms with Gasteiger partial charge in [0, 0.05) is 5.75 Å². The van der Waals surface area contributed by atoms with E-state index >= 15 is 0 Å². The second kappa shape index (κ2) is 13.2. The molecule has 9 nitrogen and oxygen atoms in total. The summed E-state index contributed by atoms with van der Waals surface area (Å²) in [4.78, 5) is 52.4. The maximum absolute atomic E-state index is 12.8. The highest BCUT2D eigenvalue weighted by Crippen LogP contribution is 2.24. The monoisotopic (exact) mass is 482 g/mol. The molecule has 0 aliphatic rings. The summed E-state index contributed by atoms with van der Waals surface area (Å²) in [6, 6.07) is 6.81. The molecule has 0 heterocycles. The Kier molecular flexibility index (Phi) is 11.3. The Morgan fingerprint density at radius 1 is 1.15 bits per heavy atom. The molecule has 0 bridgehead atoms. The van der Waals surface area contributed by atoms with Crippen molar-refractivity contribution in [1.29, 1.82) is 0 Å². The average molecular weight is 483 g/mol. The van der Waals surface area contributed by atoms with E-state index in [4.69, 9.17) is 4.74 Å². The van der Waals surface area contributed by atoms with E-state index in [1.165, 1.54) is 19.4 Å². The van der Waals surface area contributed by atoms with Crippen LogP contribution in [-0.2, 0) is 30.4 Å². The molecule has 2 atom stereocenters. The van der Waals surface area contributed by atoms with Gasteiger partial charge in [-0.2, -0.15) is 0 Å². The normalized spacial score (nSPS) is 13.2. The lowest BCUT2D eigenvalue weighted by atomic mass is 9.93. The van der Waals surface area contributed by atoms with Gasteiger partial charge in [-0.1, -0.05) is 56.8 Å². The fourth-order valence-electron chi connectivity index (χ4n) is 2.89. The van der Waals surface area contributed by atoms with Crippen molar-refractivity contribution in [2.45, 2.75) is 59.9 Å².